The fourth-order valence-electron chi connectivity index (χ4n) is 1.58. The van der Waals surface area contributed by atoms with Crippen molar-refractivity contribution in [3.05, 3.63) is 29.8 Å². The predicted molar refractivity (Wildman–Crippen MR) is 85.0 cm³/mol. The molecule has 0 radical (unpaired) electrons. The van der Waals surface area contributed by atoms with Crippen LogP contribution in [-0.2, 0) is 20.0 Å². The Labute approximate surface area is 130 Å². The minimum Gasteiger partial charge on any atom is -0.389 e. The molecular weight excluding hydrogens is 334 g/mol. The summed E-state index contributed by atoms with van der Waals surface area (Å²) in [7, 11) is -7.37. The topological polar surface area (TPSA) is 118 Å². The molecule has 4 N–H and O–H groups in total. The standard InChI is InChI=1S/C11H17N3O4S3/c1-2-13-20(15,16)8-7-14-21(17,18)10-6-4-3-5-9(10)11(12)19/h3-6,13-14H,2,7-8H2,1H3,(H2,12,19). The summed E-state index contributed by atoms with van der Waals surface area (Å²) in [6.07, 6.45) is 0. The van der Waals surface area contributed by atoms with Crippen molar-refractivity contribution in [2.45, 2.75) is 11.8 Å². The van der Waals surface area contributed by atoms with Crippen molar-refractivity contribution < 1.29 is 16.8 Å². The van der Waals surface area contributed by atoms with Gasteiger partial charge in [-0.3, -0.25) is 0 Å². The van der Waals surface area contributed by atoms with Gasteiger partial charge in [0.25, 0.3) is 0 Å². The molecule has 0 aliphatic rings. The highest BCUT2D eigenvalue weighted by molar-refractivity contribution is 7.90. The highest BCUT2D eigenvalue weighted by atomic mass is 32.2. The number of benzene rings is 1. The van der Waals surface area contributed by atoms with Gasteiger partial charge >= 0.3 is 0 Å². The molecule has 0 aliphatic heterocycles. The van der Waals surface area contributed by atoms with E-state index in [2.05, 4.69) is 9.44 Å². The Kier molecular flexibility index (Phi) is 6.23. The molecule has 0 amide bonds. The third-order valence-corrected chi connectivity index (χ3v) is 5.68. The molecule has 0 bridgehead atoms. The normalized spacial score (nSPS) is 12.2. The second kappa shape index (κ2) is 7.27. The fraction of sp³-hybridized carbons (Fsp3) is 0.364. The van der Waals surface area contributed by atoms with Crippen LogP contribution in [0.15, 0.2) is 29.2 Å². The Bertz CT molecular complexity index is 714. The van der Waals surface area contributed by atoms with Gasteiger partial charge in [0.1, 0.15) is 4.99 Å². The van der Waals surface area contributed by atoms with Gasteiger partial charge in [0.05, 0.1) is 10.6 Å². The Balaban J connectivity index is 2.87. The summed E-state index contributed by atoms with van der Waals surface area (Å²) in [5.74, 6) is -0.352. The van der Waals surface area contributed by atoms with Gasteiger partial charge in [0, 0.05) is 18.7 Å². The lowest BCUT2D eigenvalue weighted by Crippen LogP contribution is -2.35. The highest BCUT2D eigenvalue weighted by Gasteiger charge is 2.20. The molecule has 0 unspecified atom stereocenters. The van der Waals surface area contributed by atoms with Gasteiger partial charge in [0.15, 0.2) is 0 Å². The van der Waals surface area contributed by atoms with Gasteiger partial charge in [0.2, 0.25) is 20.0 Å². The highest BCUT2D eigenvalue weighted by Crippen LogP contribution is 2.14. The summed E-state index contributed by atoms with van der Waals surface area (Å²) in [5.41, 5.74) is 5.70. The molecule has 0 saturated carbocycles. The van der Waals surface area contributed by atoms with E-state index in [9.17, 15) is 16.8 Å². The molecular formula is C11H17N3O4S3. The molecule has 0 spiro atoms. The minimum absolute atomic E-state index is 0.0451. The first-order valence-corrected chi connectivity index (χ1v) is 9.60. The first kappa shape index (κ1) is 18.0. The van der Waals surface area contributed by atoms with E-state index in [1.165, 1.54) is 18.2 Å². The number of nitrogens with one attached hydrogen (secondary N) is 2. The van der Waals surface area contributed by atoms with E-state index < -0.39 is 20.0 Å². The van der Waals surface area contributed by atoms with Crippen molar-refractivity contribution >= 4 is 37.3 Å². The number of sulfonamides is 2. The number of hydrogen-bond donors (Lipinski definition) is 3. The van der Waals surface area contributed by atoms with E-state index in [4.69, 9.17) is 18.0 Å². The van der Waals surface area contributed by atoms with Crippen molar-refractivity contribution in [3.63, 3.8) is 0 Å². The van der Waals surface area contributed by atoms with E-state index in [0.29, 0.717) is 0 Å². The van der Waals surface area contributed by atoms with Crippen LogP contribution in [0.2, 0.25) is 0 Å². The van der Waals surface area contributed by atoms with Gasteiger partial charge in [-0.05, 0) is 6.07 Å². The van der Waals surface area contributed by atoms with Crippen LogP contribution in [0.4, 0.5) is 0 Å². The quantitative estimate of drug-likeness (QED) is 0.545. The van der Waals surface area contributed by atoms with Crippen LogP contribution < -0.4 is 15.2 Å². The summed E-state index contributed by atoms with van der Waals surface area (Å²) in [4.78, 5) is -0.116. The summed E-state index contributed by atoms with van der Waals surface area (Å²) in [5, 5.41) is 0. The lowest BCUT2D eigenvalue weighted by atomic mass is 10.2. The number of nitrogens with two attached hydrogens (primary N) is 1. The third kappa shape index (κ3) is 5.32. The SMILES string of the molecule is CCNS(=O)(=O)CCNS(=O)(=O)c1ccccc1C(N)=S. The number of thiocarbonyl (C=S) groups is 1. The molecule has 0 atom stereocenters. The van der Waals surface area contributed by atoms with Crippen molar-refractivity contribution in [2.24, 2.45) is 5.73 Å². The first-order chi connectivity index (χ1) is 9.69. The molecule has 0 heterocycles. The van der Waals surface area contributed by atoms with Gasteiger partial charge in [-0.1, -0.05) is 37.3 Å². The third-order valence-electron chi connectivity index (χ3n) is 2.47. The molecule has 1 aromatic carbocycles. The zero-order valence-corrected chi connectivity index (χ0v) is 13.8. The molecule has 1 aromatic rings. The van der Waals surface area contributed by atoms with E-state index in [1.807, 2.05) is 0 Å². The fourth-order valence-corrected chi connectivity index (χ4v) is 4.16. The Morgan fingerprint density at radius 2 is 1.81 bits per heavy atom. The predicted octanol–water partition coefficient (Wildman–Crippen LogP) is -0.462. The molecule has 0 saturated heterocycles. The van der Waals surface area contributed by atoms with Crippen LogP contribution in [0, 0.1) is 0 Å². The summed E-state index contributed by atoms with van der Waals surface area (Å²) >= 11 is 4.80. The molecule has 0 fully saturated rings. The second-order valence-corrected chi connectivity index (χ2v) is 8.18. The zero-order valence-electron chi connectivity index (χ0n) is 11.4. The maximum atomic E-state index is 12.2. The summed E-state index contributed by atoms with van der Waals surface area (Å²) in [6.45, 7) is 1.64. The molecule has 21 heavy (non-hydrogen) atoms. The van der Waals surface area contributed by atoms with Crippen LogP contribution in [-0.4, -0.2) is 40.7 Å². The Morgan fingerprint density at radius 3 is 2.38 bits per heavy atom. The summed E-state index contributed by atoms with van der Waals surface area (Å²) < 4.78 is 51.7. The maximum Gasteiger partial charge on any atom is 0.241 e. The zero-order chi connectivity index (χ0) is 16.1. The van der Waals surface area contributed by atoms with E-state index >= 15 is 0 Å². The largest absolute Gasteiger partial charge is 0.389 e. The smallest absolute Gasteiger partial charge is 0.241 e. The number of rotatable bonds is 8. The minimum atomic E-state index is -3.88. The molecule has 10 heteroatoms. The number of hydrogen-bond acceptors (Lipinski definition) is 5. The molecule has 0 aromatic heterocycles. The molecule has 118 valence electrons. The van der Waals surface area contributed by atoms with E-state index in [-0.39, 0.29) is 34.3 Å². The van der Waals surface area contributed by atoms with Gasteiger partial charge in [-0.15, -0.1) is 0 Å². The van der Waals surface area contributed by atoms with Gasteiger partial charge < -0.3 is 5.73 Å². The van der Waals surface area contributed by atoms with Crippen LogP contribution in [0.1, 0.15) is 12.5 Å². The van der Waals surface area contributed by atoms with Crippen molar-refractivity contribution in [2.75, 3.05) is 18.8 Å². The van der Waals surface area contributed by atoms with Crippen molar-refractivity contribution in [3.8, 4) is 0 Å². The first-order valence-electron chi connectivity index (χ1n) is 6.05. The monoisotopic (exact) mass is 351 g/mol. The molecule has 7 nitrogen and oxygen atoms in total. The maximum absolute atomic E-state index is 12.2. The van der Waals surface area contributed by atoms with Crippen LogP contribution in [0.3, 0.4) is 0 Å². The van der Waals surface area contributed by atoms with Crippen molar-refractivity contribution in [1.29, 1.82) is 0 Å². The Hall–Kier alpha value is -1.07. The van der Waals surface area contributed by atoms with E-state index in [1.54, 1.807) is 13.0 Å². The lowest BCUT2D eigenvalue weighted by molar-refractivity contribution is 0.576. The van der Waals surface area contributed by atoms with Crippen molar-refractivity contribution in [1.82, 2.24) is 9.44 Å². The second-order valence-electron chi connectivity index (χ2n) is 4.07. The average molecular weight is 351 g/mol. The summed E-state index contributed by atoms with van der Waals surface area (Å²) in [6, 6.07) is 6.00. The molecule has 0 aliphatic carbocycles. The van der Waals surface area contributed by atoms with E-state index in [0.717, 1.165) is 0 Å². The average Bonchev–Trinajstić information content (AvgIpc) is 2.38. The van der Waals surface area contributed by atoms with Gasteiger partial charge in [-0.25, -0.2) is 26.3 Å². The molecule has 1 rings (SSSR count). The van der Waals surface area contributed by atoms with Crippen LogP contribution in [0.25, 0.3) is 0 Å². The lowest BCUT2D eigenvalue weighted by Gasteiger charge is -2.10. The van der Waals surface area contributed by atoms with Crippen LogP contribution >= 0.6 is 12.2 Å². The Morgan fingerprint density at radius 1 is 1.19 bits per heavy atom. The van der Waals surface area contributed by atoms with Gasteiger partial charge in [-0.2, -0.15) is 0 Å². The van der Waals surface area contributed by atoms with Crippen LogP contribution in [0.5, 0.6) is 0 Å².